The van der Waals surface area contributed by atoms with E-state index in [1.165, 1.54) is 11.3 Å². The van der Waals surface area contributed by atoms with Crippen LogP contribution >= 0.6 is 0 Å². The van der Waals surface area contributed by atoms with Crippen molar-refractivity contribution in [3.05, 3.63) is 29.8 Å². The van der Waals surface area contributed by atoms with E-state index in [1.54, 1.807) is 0 Å². The van der Waals surface area contributed by atoms with Crippen molar-refractivity contribution in [2.45, 2.75) is 52.1 Å². The maximum atomic E-state index is 11.9. The van der Waals surface area contributed by atoms with Crippen molar-refractivity contribution in [1.82, 2.24) is 15.5 Å². The molecule has 2 atom stereocenters. The number of nitrogens with one attached hydrogen (secondary N) is 2. The lowest BCUT2D eigenvalue weighted by molar-refractivity contribution is -0.129. The quantitative estimate of drug-likeness (QED) is 0.593. The standard InChI is InChI=1S/C21H33N5O/c1-4-20(27)25-12-10-18(15-25)24-21(22-5-2)23-11-13-26-16(3)14-17-8-6-7-9-19(17)26/h6-9,16,18H,4-5,10-15H2,1-3H3,(H2,22,23,24). The maximum Gasteiger partial charge on any atom is 0.222 e. The molecule has 6 nitrogen and oxygen atoms in total. The monoisotopic (exact) mass is 371 g/mol. The molecule has 27 heavy (non-hydrogen) atoms. The van der Waals surface area contributed by atoms with Gasteiger partial charge in [-0.3, -0.25) is 9.79 Å². The summed E-state index contributed by atoms with van der Waals surface area (Å²) in [5.41, 5.74) is 2.79. The van der Waals surface area contributed by atoms with E-state index in [-0.39, 0.29) is 11.9 Å². The second-order valence-electron chi connectivity index (χ2n) is 7.46. The van der Waals surface area contributed by atoms with E-state index in [4.69, 9.17) is 4.99 Å². The summed E-state index contributed by atoms with van der Waals surface area (Å²) in [4.78, 5) is 21.1. The first kappa shape index (κ1) is 19.5. The normalized spacial score (nSPS) is 22.1. The Morgan fingerprint density at radius 3 is 2.89 bits per heavy atom. The summed E-state index contributed by atoms with van der Waals surface area (Å²) in [6.07, 6.45) is 2.67. The third-order valence-electron chi connectivity index (χ3n) is 5.49. The van der Waals surface area contributed by atoms with Crippen molar-refractivity contribution in [3.8, 4) is 0 Å². The van der Waals surface area contributed by atoms with E-state index >= 15 is 0 Å². The highest BCUT2D eigenvalue weighted by molar-refractivity contribution is 5.80. The number of nitrogens with zero attached hydrogens (tertiary/aromatic N) is 3. The number of carbonyl (C=O) groups is 1. The molecule has 0 aromatic heterocycles. The van der Waals surface area contributed by atoms with Gasteiger partial charge in [-0.2, -0.15) is 0 Å². The lowest BCUT2D eigenvalue weighted by Gasteiger charge is -2.24. The minimum atomic E-state index is 0.239. The van der Waals surface area contributed by atoms with E-state index in [9.17, 15) is 4.79 Å². The van der Waals surface area contributed by atoms with Crippen LogP contribution in [0.2, 0.25) is 0 Å². The van der Waals surface area contributed by atoms with Gasteiger partial charge in [0.15, 0.2) is 5.96 Å². The molecular formula is C21H33N5O. The molecule has 0 saturated carbocycles. The minimum absolute atomic E-state index is 0.239. The number of carbonyl (C=O) groups excluding carboxylic acids is 1. The number of guanidine groups is 1. The highest BCUT2D eigenvalue weighted by atomic mass is 16.2. The number of aliphatic imine (C=N–C) groups is 1. The minimum Gasteiger partial charge on any atom is -0.366 e. The second kappa shape index (κ2) is 9.11. The van der Waals surface area contributed by atoms with E-state index < -0.39 is 0 Å². The number of rotatable bonds is 6. The molecule has 2 aliphatic rings. The van der Waals surface area contributed by atoms with Gasteiger partial charge in [0.2, 0.25) is 5.91 Å². The summed E-state index contributed by atoms with van der Waals surface area (Å²) in [6.45, 7) is 10.4. The Hall–Kier alpha value is -2.24. The van der Waals surface area contributed by atoms with Gasteiger partial charge in [0.05, 0.1) is 6.54 Å². The fourth-order valence-electron chi connectivity index (χ4n) is 4.08. The number of amides is 1. The zero-order chi connectivity index (χ0) is 19.2. The molecule has 0 spiro atoms. The zero-order valence-corrected chi connectivity index (χ0v) is 16.9. The smallest absolute Gasteiger partial charge is 0.222 e. The molecule has 0 bridgehead atoms. The summed E-state index contributed by atoms with van der Waals surface area (Å²) in [7, 11) is 0. The lowest BCUT2D eigenvalue weighted by Crippen LogP contribution is -2.45. The molecule has 1 fully saturated rings. The lowest BCUT2D eigenvalue weighted by atomic mass is 10.1. The van der Waals surface area contributed by atoms with Gasteiger partial charge < -0.3 is 20.4 Å². The van der Waals surface area contributed by atoms with Crippen LogP contribution in [0.3, 0.4) is 0 Å². The molecule has 6 heteroatoms. The van der Waals surface area contributed by atoms with Crippen molar-refractivity contribution in [1.29, 1.82) is 0 Å². The summed E-state index contributed by atoms with van der Waals surface area (Å²) in [5, 5.41) is 6.85. The fourth-order valence-corrected chi connectivity index (χ4v) is 4.08. The zero-order valence-electron chi connectivity index (χ0n) is 16.9. The van der Waals surface area contributed by atoms with Gasteiger partial charge in [-0.05, 0) is 38.3 Å². The van der Waals surface area contributed by atoms with Crippen LogP contribution in [0.15, 0.2) is 29.3 Å². The average Bonchev–Trinajstić information content (AvgIpc) is 3.26. The summed E-state index contributed by atoms with van der Waals surface area (Å²) in [5.74, 6) is 1.09. The Balaban J connectivity index is 1.55. The number of likely N-dealkylation sites (tertiary alicyclic amines) is 1. The first-order chi connectivity index (χ1) is 13.1. The van der Waals surface area contributed by atoms with Gasteiger partial charge >= 0.3 is 0 Å². The van der Waals surface area contributed by atoms with Gasteiger partial charge in [-0.15, -0.1) is 0 Å². The highest BCUT2D eigenvalue weighted by Crippen LogP contribution is 2.31. The van der Waals surface area contributed by atoms with Crippen LogP contribution in [0, 0.1) is 0 Å². The number of hydrogen-bond acceptors (Lipinski definition) is 3. The van der Waals surface area contributed by atoms with Gasteiger partial charge in [-0.1, -0.05) is 25.1 Å². The van der Waals surface area contributed by atoms with Crippen molar-refractivity contribution in [2.75, 3.05) is 37.6 Å². The Labute approximate surface area is 163 Å². The van der Waals surface area contributed by atoms with Gasteiger partial charge in [0.1, 0.15) is 0 Å². The van der Waals surface area contributed by atoms with Crippen LogP contribution in [0.25, 0.3) is 0 Å². The Morgan fingerprint density at radius 1 is 1.30 bits per heavy atom. The van der Waals surface area contributed by atoms with Gasteiger partial charge in [0, 0.05) is 50.4 Å². The Morgan fingerprint density at radius 2 is 2.11 bits per heavy atom. The molecule has 1 saturated heterocycles. The largest absolute Gasteiger partial charge is 0.366 e. The van der Waals surface area contributed by atoms with Crippen molar-refractivity contribution in [3.63, 3.8) is 0 Å². The molecule has 148 valence electrons. The topological polar surface area (TPSA) is 60.0 Å². The van der Waals surface area contributed by atoms with Crippen LogP contribution < -0.4 is 15.5 Å². The van der Waals surface area contributed by atoms with Crippen molar-refractivity contribution >= 4 is 17.6 Å². The van der Waals surface area contributed by atoms with Crippen LogP contribution in [0.1, 0.15) is 39.2 Å². The Kier molecular flexibility index (Phi) is 6.58. The number of benzene rings is 1. The van der Waals surface area contributed by atoms with Crippen LogP contribution in [-0.2, 0) is 11.2 Å². The molecule has 1 aromatic carbocycles. The summed E-state index contributed by atoms with van der Waals surface area (Å²) >= 11 is 0. The second-order valence-corrected chi connectivity index (χ2v) is 7.46. The molecule has 2 N–H and O–H groups in total. The fraction of sp³-hybridized carbons (Fsp3) is 0.619. The average molecular weight is 372 g/mol. The number of fused-ring (bicyclic) bond motifs is 1. The van der Waals surface area contributed by atoms with Gasteiger partial charge in [0.25, 0.3) is 0 Å². The maximum absolute atomic E-state index is 11.9. The first-order valence-electron chi connectivity index (χ1n) is 10.3. The Bertz CT molecular complexity index is 674. The first-order valence-corrected chi connectivity index (χ1v) is 10.3. The molecule has 1 amide bonds. The molecule has 2 heterocycles. The number of anilines is 1. The molecular weight excluding hydrogens is 338 g/mol. The molecule has 1 aromatic rings. The van der Waals surface area contributed by atoms with E-state index in [2.05, 4.69) is 53.6 Å². The third kappa shape index (κ3) is 4.73. The van der Waals surface area contributed by atoms with Crippen LogP contribution in [-0.4, -0.2) is 61.6 Å². The van der Waals surface area contributed by atoms with Crippen molar-refractivity contribution < 1.29 is 4.79 Å². The highest BCUT2D eigenvalue weighted by Gasteiger charge is 2.26. The van der Waals surface area contributed by atoms with Gasteiger partial charge in [-0.25, -0.2) is 0 Å². The number of hydrogen-bond donors (Lipinski definition) is 2. The predicted octanol–water partition coefficient (Wildman–Crippen LogP) is 2.00. The van der Waals surface area contributed by atoms with Crippen LogP contribution in [0.4, 0.5) is 5.69 Å². The number of para-hydroxylation sites is 1. The predicted molar refractivity (Wildman–Crippen MR) is 111 cm³/mol. The van der Waals surface area contributed by atoms with E-state index in [0.29, 0.717) is 12.5 Å². The molecule has 0 aliphatic carbocycles. The molecule has 2 unspecified atom stereocenters. The summed E-state index contributed by atoms with van der Waals surface area (Å²) < 4.78 is 0. The molecule has 2 aliphatic heterocycles. The molecule has 3 rings (SSSR count). The summed E-state index contributed by atoms with van der Waals surface area (Å²) in [6, 6.07) is 9.48. The van der Waals surface area contributed by atoms with Crippen molar-refractivity contribution in [2.24, 2.45) is 4.99 Å². The SMILES string of the molecule is CCNC(=NCCN1c2ccccc2CC1C)NC1CCN(C(=O)CC)C1. The molecule has 0 radical (unpaired) electrons. The van der Waals surface area contributed by atoms with Crippen LogP contribution in [0.5, 0.6) is 0 Å². The van der Waals surface area contributed by atoms with E-state index in [1.807, 2.05) is 11.8 Å². The third-order valence-corrected chi connectivity index (χ3v) is 5.49. The van der Waals surface area contributed by atoms with E-state index in [0.717, 1.165) is 51.5 Å².